The van der Waals surface area contributed by atoms with Crippen molar-refractivity contribution in [2.75, 3.05) is 5.32 Å². The number of aryl methyl sites for hydroxylation is 2. The molecule has 0 aliphatic heterocycles. The molecule has 0 unspecified atom stereocenters. The van der Waals surface area contributed by atoms with Gasteiger partial charge in [-0.05, 0) is 41.1 Å². The highest BCUT2D eigenvalue weighted by Crippen LogP contribution is 2.26. The van der Waals surface area contributed by atoms with Crippen molar-refractivity contribution in [2.45, 2.75) is 13.8 Å². The summed E-state index contributed by atoms with van der Waals surface area (Å²) in [5, 5.41) is 3.32. The lowest BCUT2D eigenvalue weighted by molar-refractivity contribution is 0.0994. The standard InChI is InChI=1S/C12H10BrClN2O2/c1-6-11(18-7(2)15-6)12(17)16-10-4-3-8(14)5-9(10)13/h3-5H,1-2H3,(H,16,17). The van der Waals surface area contributed by atoms with Crippen LogP contribution in [-0.4, -0.2) is 10.9 Å². The van der Waals surface area contributed by atoms with Crippen molar-refractivity contribution in [1.82, 2.24) is 4.98 Å². The molecule has 1 amide bonds. The number of amides is 1. The molecule has 0 saturated carbocycles. The molecule has 0 aliphatic rings. The Balaban J connectivity index is 2.24. The van der Waals surface area contributed by atoms with Gasteiger partial charge in [0.25, 0.3) is 5.91 Å². The number of oxazole rings is 1. The fourth-order valence-corrected chi connectivity index (χ4v) is 2.29. The van der Waals surface area contributed by atoms with Gasteiger partial charge in [-0.25, -0.2) is 4.98 Å². The Morgan fingerprint density at radius 3 is 2.72 bits per heavy atom. The zero-order chi connectivity index (χ0) is 13.3. The third-order valence-electron chi connectivity index (χ3n) is 2.29. The summed E-state index contributed by atoms with van der Waals surface area (Å²) in [6.07, 6.45) is 0. The van der Waals surface area contributed by atoms with Gasteiger partial charge in [-0.1, -0.05) is 11.6 Å². The number of aromatic nitrogens is 1. The summed E-state index contributed by atoms with van der Waals surface area (Å²) >= 11 is 9.15. The molecule has 1 aromatic heterocycles. The lowest BCUT2D eigenvalue weighted by Gasteiger charge is -2.06. The van der Waals surface area contributed by atoms with Crippen LogP contribution in [0.25, 0.3) is 0 Å². The van der Waals surface area contributed by atoms with Gasteiger partial charge in [0.1, 0.15) is 0 Å². The average molecular weight is 330 g/mol. The minimum atomic E-state index is -0.337. The van der Waals surface area contributed by atoms with E-state index < -0.39 is 0 Å². The Bertz CT molecular complexity index is 610. The maximum absolute atomic E-state index is 12.0. The third kappa shape index (κ3) is 2.73. The van der Waals surface area contributed by atoms with Crippen LogP contribution >= 0.6 is 27.5 Å². The van der Waals surface area contributed by atoms with Crippen LogP contribution in [0.1, 0.15) is 22.1 Å². The van der Waals surface area contributed by atoms with Crippen LogP contribution < -0.4 is 5.32 Å². The summed E-state index contributed by atoms with van der Waals surface area (Å²) in [6.45, 7) is 3.42. The summed E-state index contributed by atoms with van der Waals surface area (Å²) in [4.78, 5) is 16.0. The molecule has 1 N–H and O–H groups in total. The maximum atomic E-state index is 12.0. The molecule has 94 valence electrons. The Morgan fingerprint density at radius 2 is 2.17 bits per heavy atom. The second-order valence-corrected chi connectivity index (χ2v) is 5.02. The first-order valence-electron chi connectivity index (χ1n) is 5.18. The summed E-state index contributed by atoms with van der Waals surface area (Å²) in [6, 6.07) is 5.11. The van der Waals surface area contributed by atoms with Crippen molar-refractivity contribution in [3.63, 3.8) is 0 Å². The Kier molecular flexibility index (Phi) is 3.73. The Hall–Kier alpha value is -1.33. The number of anilines is 1. The van der Waals surface area contributed by atoms with Crippen LogP contribution in [0.15, 0.2) is 27.1 Å². The summed E-state index contributed by atoms with van der Waals surface area (Å²) in [5.41, 5.74) is 1.19. The van der Waals surface area contributed by atoms with E-state index in [1.165, 1.54) is 0 Å². The predicted octanol–water partition coefficient (Wildman–Crippen LogP) is 3.96. The van der Waals surface area contributed by atoms with Gasteiger partial charge in [0.05, 0.1) is 11.4 Å². The van der Waals surface area contributed by atoms with Gasteiger partial charge in [-0.15, -0.1) is 0 Å². The molecule has 6 heteroatoms. The van der Waals surface area contributed by atoms with E-state index in [-0.39, 0.29) is 11.7 Å². The number of carbonyl (C=O) groups is 1. The molecule has 0 atom stereocenters. The molecule has 18 heavy (non-hydrogen) atoms. The molecule has 1 heterocycles. The highest BCUT2D eigenvalue weighted by molar-refractivity contribution is 9.10. The number of carbonyl (C=O) groups excluding carboxylic acids is 1. The van der Waals surface area contributed by atoms with Crippen LogP contribution in [-0.2, 0) is 0 Å². The van der Waals surface area contributed by atoms with Crippen molar-refractivity contribution >= 4 is 39.1 Å². The number of hydrogen-bond donors (Lipinski definition) is 1. The van der Waals surface area contributed by atoms with Crippen LogP contribution in [0, 0.1) is 13.8 Å². The number of rotatable bonds is 2. The monoisotopic (exact) mass is 328 g/mol. The van der Waals surface area contributed by atoms with Crippen molar-refractivity contribution < 1.29 is 9.21 Å². The average Bonchev–Trinajstić information content (AvgIpc) is 2.62. The van der Waals surface area contributed by atoms with E-state index in [0.717, 1.165) is 0 Å². The molecule has 0 saturated heterocycles. The molecular formula is C12H10BrClN2O2. The first-order valence-corrected chi connectivity index (χ1v) is 6.35. The zero-order valence-electron chi connectivity index (χ0n) is 9.75. The lowest BCUT2D eigenvalue weighted by atomic mass is 10.3. The number of hydrogen-bond acceptors (Lipinski definition) is 3. The molecule has 0 aliphatic carbocycles. The third-order valence-corrected chi connectivity index (χ3v) is 3.18. The van der Waals surface area contributed by atoms with Crippen molar-refractivity contribution in [2.24, 2.45) is 0 Å². The second-order valence-electron chi connectivity index (χ2n) is 3.73. The van der Waals surface area contributed by atoms with Crippen molar-refractivity contribution in [3.8, 4) is 0 Å². The smallest absolute Gasteiger partial charge is 0.293 e. The first kappa shape index (κ1) is 13.1. The Morgan fingerprint density at radius 1 is 1.44 bits per heavy atom. The second kappa shape index (κ2) is 5.12. The van der Waals surface area contributed by atoms with Gasteiger partial charge < -0.3 is 9.73 Å². The van der Waals surface area contributed by atoms with E-state index in [1.807, 2.05) is 0 Å². The molecule has 4 nitrogen and oxygen atoms in total. The van der Waals surface area contributed by atoms with Crippen LogP contribution in [0.5, 0.6) is 0 Å². The van der Waals surface area contributed by atoms with Crippen molar-refractivity contribution in [3.05, 3.63) is 45.0 Å². The molecule has 0 fully saturated rings. The van der Waals surface area contributed by atoms with E-state index in [0.29, 0.717) is 26.8 Å². The molecule has 0 bridgehead atoms. The number of nitrogens with one attached hydrogen (secondary N) is 1. The topological polar surface area (TPSA) is 55.1 Å². The molecule has 0 spiro atoms. The van der Waals surface area contributed by atoms with E-state index in [2.05, 4.69) is 26.2 Å². The van der Waals surface area contributed by atoms with Gasteiger partial charge in [0, 0.05) is 16.4 Å². The van der Waals surface area contributed by atoms with Crippen LogP contribution in [0.2, 0.25) is 5.02 Å². The molecular weight excluding hydrogens is 320 g/mol. The summed E-state index contributed by atoms with van der Waals surface area (Å²) in [7, 11) is 0. The van der Waals surface area contributed by atoms with Crippen LogP contribution in [0.4, 0.5) is 5.69 Å². The van der Waals surface area contributed by atoms with E-state index in [4.69, 9.17) is 16.0 Å². The zero-order valence-corrected chi connectivity index (χ0v) is 12.1. The van der Waals surface area contributed by atoms with Gasteiger partial charge >= 0.3 is 0 Å². The van der Waals surface area contributed by atoms with E-state index in [9.17, 15) is 4.79 Å². The largest absolute Gasteiger partial charge is 0.436 e. The molecule has 2 rings (SSSR count). The Labute approximate surface area is 117 Å². The molecule has 0 radical (unpaired) electrons. The normalized spacial score (nSPS) is 10.4. The number of benzene rings is 1. The predicted molar refractivity (Wildman–Crippen MR) is 73.1 cm³/mol. The first-order chi connectivity index (χ1) is 8.47. The lowest BCUT2D eigenvalue weighted by Crippen LogP contribution is -2.12. The van der Waals surface area contributed by atoms with E-state index in [1.54, 1.807) is 32.0 Å². The maximum Gasteiger partial charge on any atom is 0.293 e. The summed E-state index contributed by atoms with van der Waals surface area (Å²) < 4.78 is 5.95. The number of nitrogens with zero attached hydrogens (tertiary/aromatic N) is 1. The fraction of sp³-hybridized carbons (Fsp3) is 0.167. The fourth-order valence-electron chi connectivity index (χ4n) is 1.51. The summed E-state index contributed by atoms with van der Waals surface area (Å²) in [5.74, 6) is 0.346. The van der Waals surface area contributed by atoms with Gasteiger partial charge in [-0.3, -0.25) is 4.79 Å². The highest BCUT2D eigenvalue weighted by Gasteiger charge is 2.16. The minimum absolute atomic E-state index is 0.217. The van der Waals surface area contributed by atoms with Gasteiger partial charge in [0.15, 0.2) is 5.89 Å². The van der Waals surface area contributed by atoms with Crippen LogP contribution in [0.3, 0.4) is 0 Å². The minimum Gasteiger partial charge on any atom is -0.436 e. The SMILES string of the molecule is Cc1nc(C)c(C(=O)Nc2ccc(Cl)cc2Br)o1. The van der Waals surface area contributed by atoms with Gasteiger partial charge in [0.2, 0.25) is 5.76 Å². The number of halogens is 2. The van der Waals surface area contributed by atoms with Crippen molar-refractivity contribution in [1.29, 1.82) is 0 Å². The quantitative estimate of drug-likeness (QED) is 0.907. The van der Waals surface area contributed by atoms with E-state index >= 15 is 0 Å². The van der Waals surface area contributed by atoms with Gasteiger partial charge in [-0.2, -0.15) is 0 Å². The highest BCUT2D eigenvalue weighted by atomic mass is 79.9. The molecule has 1 aromatic carbocycles. The molecule has 2 aromatic rings.